The van der Waals surface area contributed by atoms with Crippen LogP contribution in [-0.2, 0) is 0 Å². The van der Waals surface area contributed by atoms with Crippen LogP contribution < -0.4 is 10.2 Å². The van der Waals surface area contributed by atoms with Gasteiger partial charge in [-0.05, 0) is 79.1 Å². The van der Waals surface area contributed by atoms with Gasteiger partial charge in [0.2, 0.25) is 0 Å². The number of benzene rings is 4. The Kier molecular flexibility index (Phi) is 5.76. The summed E-state index contributed by atoms with van der Waals surface area (Å²) in [5.41, 5.74) is 2.41. The van der Waals surface area contributed by atoms with Crippen LogP contribution in [0.3, 0.4) is 0 Å². The van der Waals surface area contributed by atoms with Crippen molar-refractivity contribution in [2.24, 2.45) is 0 Å². The number of hydrogen-bond acceptors (Lipinski definition) is 8. The van der Waals surface area contributed by atoms with Gasteiger partial charge in [0.1, 0.15) is 52.3 Å². The Morgan fingerprint density at radius 1 is 0.750 bits per heavy atom. The molecule has 2 heterocycles. The van der Waals surface area contributed by atoms with Gasteiger partial charge in [-0.1, -0.05) is 12.1 Å². The molecule has 5 aromatic rings. The van der Waals surface area contributed by atoms with E-state index in [1.165, 1.54) is 42.7 Å². The molecule has 0 fully saturated rings. The lowest BCUT2D eigenvalue weighted by atomic mass is 9.82. The molecule has 40 heavy (non-hydrogen) atoms. The van der Waals surface area contributed by atoms with Crippen molar-refractivity contribution in [2.45, 2.75) is 25.9 Å². The topological polar surface area (TPSA) is 137 Å². The predicted molar refractivity (Wildman–Crippen MR) is 148 cm³/mol. The van der Waals surface area contributed by atoms with Gasteiger partial charge < -0.3 is 29.6 Å². The second kappa shape index (κ2) is 9.20. The predicted octanol–water partition coefficient (Wildman–Crippen LogP) is 6.01. The summed E-state index contributed by atoms with van der Waals surface area (Å²) in [4.78, 5) is 26.7. The zero-order chi connectivity index (χ0) is 28.3. The molecule has 0 spiro atoms. The van der Waals surface area contributed by atoms with Gasteiger partial charge in [-0.15, -0.1) is 0 Å². The van der Waals surface area contributed by atoms with E-state index in [1.807, 2.05) is 0 Å². The lowest BCUT2D eigenvalue weighted by molar-refractivity contribution is 0.0805. The molecule has 200 valence electrons. The summed E-state index contributed by atoms with van der Waals surface area (Å²) in [6.07, 6.45) is 0.710. The molecule has 0 amide bonds. The number of rotatable bonds is 3. The van der Waals surface area contributed by atoms with Crippen LogP contribution in [0.5, 0.6) is 28.7 Å². The number of ketones is 1. The first kappa shape index (κ1) is 25.1. The minimum absolute atomic E-state index is 0.0318. The lowest BCUT2D eigenvalue weighted by Crippen LogP contribution is -2.34. The molecule has 1 aromatic heterocycles. The highest BCUT2D eigenvalue weighted by Gasteiger charge is 2.38. The van der Waals surface area contributed by atoms with Crippen LogP contribution in [0.4, 0.5) is 0 Å². The van der Waals surface area contributed by atoms with Crippen LogP contribution in [0.15, 0.2) is 82.2 Å². The van der Waals surface area contributed by atoms with E-state index < -0.39 is 12.0 Å². The maximum absolute atomic E-state index is 13.6. The van der Waals surface area contributed by atoms with Gasteiger partial charge in [-0.3, -0.25) is 9.59 Å². The molecule has 8 nitrogen and oxygen atoms in total. The Bertz CT molecular complexity index is 1900. The minimum atomic E-state index is -0.783. The van der Waals surface area contributed by atoms with Gasteiger partial charge >= 0.3 is 0 Å². The maximum Gasteiger partial charge on any atom is 0.200 e. The molecule has 4 aromatic carbocycles. The molecule has 6 rings (SSSR count). The Balaban J connectivity index is 1.45. The number of aryl methyl sites for hydroxylation is 1. The van der Waals surface area contributed by atoms with Crippen molar-refractivity contribution in [1.82, 2.24) is 0 Å². The molecule has 1 aliphatic heterocycles. The molecule has 0 radical (unpaired) electrons. The minimum Gasteiger partial charge on any atom is -0.508 e. The van der Waals surface area contributed by atoms with E-state index in [2.05, 4.69) is 0 Å². The van der Waals surface area contributed by atoms with Crippen molar-refractivity contribution < 1.29 is 34.4 Å². The molecule has 0 saturated carbocycles. The summed E-state index contributed by atoms with van der Waals surface area (Å²) in [6, 6.07) is 16.6. The van der Waals surface area contributed by atoms with Crippen LogP contribution in [0.2, 0.25) is 0 Å². The molecule has 0 aliphatic carbocycles. The zero-order valence-electron chi connectivity index (χ0n) is 21.5. The average molecular weight is 537 g/mol. The normalized spacial score (nSPS) is 16.5. The fourth-order valence-electron chi connectivity index (χ4n) is 5.33. The van der Waals surface area contributed by atoms with Crippen LogP contribution in [0.25, 0.3) is 33.2 Å². The first-order valence-electron chi connectivity index (χ1n) is 12.6. The lowest BCUT2D eigenvalue weighted by Gasteiger charge is -2.31. The molecule has 0 bridgehead atoms. The maximum atomic E-state index is 13.6. The fraction of sp³-hybridized carbons (Fsp3) is 0.125. The van der Waals surface area contributed by atoms with Gasteiger partial charge in [0.25, 0.3) is 0 Å². The van der Waals surface area contributed by atoms with Crippen molar-refractivity contribution in [3.05, 3.63) is 99.9 Å². The summed E-state index contributed by atoms with van der Waals surface area (Å²) in [5, 5.41) is 42.0. The monoisotopic (exact) mass is 536 g/mol. The van der Waals surface area contributed by atoms with Crippen LogP contribution in [0, 0.1) is 6.92 Å². The number of ether oxygens (including phenoxy) is 1. The van der Waals surface area contributed by atoms with Crippen LogP contribution in [-0.4, -0.2) is 32.3 Å². The molecular formula is C32H24O8. The summed E-state index contributed by atoms with van der Waals surface area (Å²) in [7, 11) is 0. The van der Waals surface area contributed by atoms with E-state index in [4.69, 9.17) is 9.15 Å². The highest BCUT2D eigenvalue weighted by Crippen LogP contribution is 2.44. The first-order valence-corrected chi connectivity index (χ1v) is 12.6. The third-order valence-electron chi connectivity index (χ3n) is 7.27. The molecule has 4 N–H and O–H groups in total. The molecular weight excluding hydrogens is 512 g/mol. The third kappa shape index (κ3) is 4.01. The number of Topliss-reactive ketones (excluding diaryl/α,β-unsaturated/α-hetero) is 1. The smallest absolute Gasteiger partial charge is 0.200 e. The third-order valence-corrected chi connectivity index (χ3v) is 7.27. The van der Waals surface area contributed by atoms with E-state index in [9.17, 15) is 30.0 Å². The number of carbonyl (C=O) groups excluding carboxylic acids is 1. The highest BCUT2D eigenvalue weighted by molar-refractivity contribution is 6.07. The molecule has 2 atom stereocenters. The Morgan fingerprint density at radius 3 is 2.25 bits per heavy atom. The van der Waals surface area contributed by atoms with E-state index in [0.29, 0.717) is 16.9 Å². The van der Waals surface area contributed by atoms with Crippen molar-refractivity contribution in [1.29, 1.82) is 0 Å². The van der Waals surface area contributed by atoms with Gasteiger partial charge in [0.05, 0.1) is 16.9 Å². The number of phenolic OH excluding ortho intramolecular Hbond substituents is 4. The van der Waals surface area contributed by atoms with Crippen LogP contribution >= 0.6 is 0 Å². The second-order valence-electron chi connectivity index (χ2n) is 9.99. The van der Waals surface area contributed by atoms with E-state index in [-0.39, 0.29) is 67.4 Å². The Hall–Kier alpha value is -5.24. The van der Waals surface area contributed by atoms with E-state index in [1.54, 1.807) is 44.2 Å². The largest absolute Gasteiger partial charge is 0.508 e. The Labute approximate surface area is 228 Å². The summed E-state index contributed by atoms with van der Waals surface area (Å²) < 4.78 is 11.6. The van der Waals surface area contributed by atoms with Gasteiger partial charge in [-0.25, -0.2) is 0 Å². The fourth-order valence-corrected chi connectivity index (χ4v) is 5.33. The molecule has 8 heteroatoms. The van der Waals surface area contributed by atoms with E-state index >= 15 is 0 Å². The summed E-state index contributed by atoms with van der Waals surface area (Å²) in [5.74, 6) is -1.27. The second-order valence-corrected chi connectivity index (χ2v) is 9.99. The van der Waals surface area contributed by atoms with Gasteiger partial charge in [-0.2, -0.15) is 0 Å². The summed E-state index contributed by atoms with van der Waals surface area (Å²) >= 11 is 0. The SMILES string of the molecule is Cc1cc(O)c2c(c1)OC(C)C(c1ccc(O)c(-c3cc(-c4coc5cc(O)ccc5c4=O)ccc3O)c1)C2=O. The van der Waals surface area contributed by atoms with Crippen molar-refractivity contribution >= 4 is 16.8 Å². The number of fused-ring (bicyclic) bond motifs is 2. The van der Waals surface area contributed by atoms with Crippen molar-refractivity contribution in [2.75, 3.05) is 0 Å². The molecule has 1 aliphatic rings. The first-order chi connectivity index (χ1) is 19.1. The standard InChI is InChI=1S/C32H24O8/c1-15-9-26(36)30-28(10-15)40-16(2)29(32(30)38)18-4-8-25(35)22(12-18)21-11-17(3-7-24(21)34)23-14-39-27-13-19(33)5-6-20(27)31(23)37/h3-14,16,29,33-36H,1-2H3. The van der Waals surface area contributed by atoms with Gasteiger partial charge in [0.15, 0.2) is 11.2 Å². The zero-order valence-corrected chi connectivity index (χ0v) is 21.5. The summed E-state index contributed by atoms with van der Waals surface area (Å²) in [6.45, 7) is 3.55. The number of carbonyl (C=O) groups is 1. The Morgan fingerprint density at radius 2 is 1.48 bits per heavy atom. The number of hydrogen-bond donors (Lipinski definition) is 4. The quantitative estimate of drug-likeness (QED) is 0.220. The molecule has 0 saturated heterocycles. The van der Waals surface area contributed by atoms with E-state index in [0.717, 1.165) is 5.56 Å². The molecule has 2 unspecified atom stereocenters. The van der Waals surface area contributed by atoms with Crippen LogP contribution in [0.1, 0.15) is 34.3 Å². The van der Waals surface area contributed by atoms with Crippen molar-refractivity contribution in [3.8, 4) is 51.0 Å². The van der Waals surface area contributed by atoms with Gasteiger partial charge in [0, 0.05) is 17.2 Å². The average Bonchev–Trinajstić information content (AvgIpc) is 2.89. The number of phenols is 4. The van der Waals surface area contributed by atoms with Crippen molar-refractivity contribution in [3.63, 3.8) is 0 Å². The number of aromatic hydroxyl groups is 4. The highest BCUT2D eigenvalue weighted by atomic mass is 16.5.